The molecule has 1 saturated heterocycles. The van der Waals surface area contributed by atoms with E-state index < -0.39 is 0 Å². The first-order chi connectivity index (χ1) is 12.8. The monoisotopic (exact) mass is 348 g/mol. The van der Waals surface area contributed by atoms with Crippen LogP contribution in [0.15, 0.2) is 55.0 Å². The van der Waals surface area contributed by atoms with Crippen LogP contribution in [-0.2, 0) is 16.1 Å². The average molecular weight is 348 g/mol. The van der Waals surface area contributed by atoms with Crippen molar-refractivity contribution in [2.75, 3.05) is 18.0 Å². The zero-order valence-corrected chi connectivity index (χ0v) is 14.4. The van der Waals surface area contributed by atoms with Gasteiger partial charge in [0.25, 0.3) is 0 Å². The molecule has 3 aromatic rings. The molecule has 1 atom stereocenters. The SMILES string of the molecule is O=C(OCc1cccc2cccnc12)[C@@H]1CCCN(c2ncccn2)C1. The molecule has 0 spiro atoms. The van der Waals surface area contributed by atoms with Crippen molar-refractivity contribution < 1.29 is 9.53 Å². The van der Waals surface area contributed by atoms with Gasteiger partial charge in [-0.25, -0.2) is 9.97 Å². The van der Waals surface area contributed by atoms with E-state index in [2.05, 4.69) is 19.9 Å². The second kappa shape index (κ2) is 7.47. The van der Waals surface area contributed by atoms with Crippen LogP contribution in [0.2, 0.25) is 0 Å². The summed E-state index contributed by atoms with van der Waals surface area (Å²) < 4.78 is 5.61. The maximum Gasteiger partial charge on any atom is 0.311 e. The summed E-state index contributed by atoms with van der Waals surface area (Å²) in [6.45, 7) is 1.70. The van der Waals surface area contributed by atoms with Crippen molar-refractivity contribution >= 4 is 22.8 Å². The summed E-state index contributed by atoms with van der Waals surface area (Å²) in [5.74, 6) is 0.345. The predicted octanol–water partition coefficient (Wildman–Crippen LogP) is 2.98. The summed E-state index contributed by atoms with van der Waals surface area (Å²) in [5.41, 5.74) is 1.81. The number of nitrogens with zero attached hydrogens (tertiary/aromatic N) is 4. The Balaban J connectivity index is 1.41. The van der Waals surface area contributed by atoms with E-state index >= 15 is 0 Å². The van der Waals surface area contributed by atoms with Crippen LogP contribution in [-0.4, -0.2) is 34.0 Å². The van der Waals surface area contributed by atoms with Gasteiger partial charge in [-0.1, -0.05) is 24.3 Å². The molecule has 0 unspecified atom stereocenters. The Morgan fingerprint density at radius 1 is 1.08 bits per heavy atom. The largest absolute Gasteiger partial charge is 0.460 e. The maximum atomic E-state index is 12.6. The van der Waals surface area contributed by atoms with Crippen LogP contribution in [0.25, 0.3) is 10.9 Å². The standard InChI is InChI=1S/C20H20N4O2/c25-19(16-8-3-12-24(13-16)20-22-10-4-11-23-20)26-14-17-6-1-5-15-7-2-9-21-18(15)17/h1-2,4-7,9-11,16H,3,8,12-14H2/t16-/m1/s1. The third-order valence-electron chi connectivity index (χ3n) is 4.68. The minimum absolute atomic E-state index is 0.157. The van der Waals surface area contributed by atoms with Gasteiger partial charge in [-0.05, 0) is 25.0 Å². The Kier molecular flexibility index (Phi) is 4.73. The van der Waals surface area contributed by atoms with E-state index in [1.165, 1.54) is 0 Å². The molecular formula is C20H20N4O2. The van der Waals surface area contributed by atoms with Gasteiger partial charge in [0, 0.05) is 42.6 Å². The Morgan fingerprint density at radius 3 is 2.77 bits per heavy atom. The fourth-order valence-electron chi connectivity index (χ4n) is 3.36. The summed E-state index contributed by atoms with van der Waals surface area (Å²) in [6, 6.07) is 11.6. The van der Waals surface area contributed by atoms with Gasteiger partial charge in [-0.2, -0.15) is 0 Å². The number of benzene rings is 1. The smallest absolute Gasteiger partial charge is 0.311 e. The van der Waals surface area contributed by atoms with Crippen molar-refractivity contribution in [2.45, 2.75) is 19.4 Å². The highest BCUT2D eigenvalue weighted by Crippen LogP contribution is 2.22. The molecule has 0 aliphatic carbocycles. The van der Waals surface area contributed by atoms with Gasteiger partial charge in [0.15, 0.2) is 0 Å². The first kappa shape index (κ1) is 16.4. The number of rotatable bonds is 4. The predicted molar refractivity (Wildman–Crippen MR) is 98.5 cm³/mol. The van der Waals surface area contributed by atoms with Crippen molar-refractivity contribution in [2.24, 2.45) is 5.92 Å². The van der Waals surface area contributed by atoms with Gasteiger partial charge >= 0.3 is 5.97 Å². The van der Waals surface area contributed by atoms with Crippen LogP contribution in [0, 0.1) is 5.92 Å². The molecule has 6 nitrogen and oxygen atoms in total. The van der Waals surface area contributed by atoms with Gasteiger partial charge < -0.3 is 9.64 Å². The lowest BCUT2D eigenvalue weighted by atomic mass is 9.98. The molecule has 2 aromatic heterocycles. The highest BCUT2D eigenvalue weighted by Gasteiger charge is 2.28. The molecule has 6 heteroatoms. The minimum atomic E-state index is -0.168. The van der Waals surface area contributed by atoms with Crippen LogP contribution in [0.5, 0.6) is 0 Å². The van der Waals surface area contributed by atoms with Crippen LogP contribution in [0.4, 0.5) is 5.95 Å². The number of fused-ring (bicyclic) bond motifs is 1. The van der Waals surface area contributed by atoms with E-state index in [1.54, 1.807) is 24.7 Å². The molecule has 1 aliphatic heterocycles. The molecule has 26 heavy (non-hydrogen) atoms. The molecule has 1 aromatic carbocycles. The molecule has 0 amide bonds. The van der Waals surface area contributed by atoms with Crippen LogP contribution in [0.3, 0.4) is 0 Å². The van der Waals surface area contributed by atoms with Gasteiger partial charge in [0.1, 0.15) is 6.61 Å². The lowest BCUT2D eigenvalue weighted by Crippen LogP contribution is -2.40. The summed E-state index contributed by atoms with van der Waals surface area (Å²) >= 11 is 0. The molecule has 4 rings (SSSR count). The van der Waals surface area contributed by atoms with Gasteiger partial charge in [-0.15, -0.1) is 0 Å². The summed E-state index contributed by atoms with van der Waals surface area (Å²) in [4.78, 5) is 27.6. The highest BCUT2D eigenvalue weighted by molar-refractivity contribution is 5.81. The molecular weight excluding hydrogens is 328 g/mol. The Bertz CT molecular complexity index is 895. The molecule has 0 N–H and O–H groups in total. The normalized spacial score (nSPS) is 17.2. The average Bonchev–Trinajstić information content (AvgIpc) is 2.72. The number of carbonyl (C=O) groups is 1. The molecule has 1 fully saturated rings. The second-order valence-electron chi connectivity index (χ2n) is 6.43. The van der Waals surface area contributed by atoms with Crippen LogP contribution >= 0.6 is 0 Å². The lowest BCUT2D eigenvalue weighted by Gasteiger charge is -2.31. The second-order valence-corrected chi connectivity index (χ2v) is 6.43. The fraction of sp³-hybridized carbons (Fsp3) is 0.300. The zero-order valence-electron chi connectivity index (χ0n) is 14.4. The summed E-state index contributed by atoms with van der Waals surface area (Å²) in [5, 5.41) is 1.05. The number of aromatic nitrogens is 3. The number of hydrogen-bond donors (Lipinski definition) is 0. The topological polar surface area (TPSA) is 68.2 Å². The van der Waals surface area contributed by atoms with Gasteiger partial charge in [0.05, 0.1) is 11.4 Å². The minimum Gasteiger partial charge on any atom is -0.460 e. The number of anilines is 1. The number of ether oxygens (including phenoxy) is 1. The molecule has 0 bridgehead atoms. The van der Waals surface area contributed by atoms with E-state index in [-0.39, 0.29) is 18.5 Å². The fourth-order valence-corrected chi connectivity index (χ4v) is 3.36. The van der Waals surface area contributed by atoms with Crippen molar-refractivity contribution in [1.82, 2.24) is 15.0 Å². The quantitative estimate of drug-likeness (QED) is 0.675. The third-order valence-corrected chi connectivity index (χ3v) is 4.68. The first-order valence-electron chi connectivity index (χ1n) is 8.82. The molecule has 0 saturated carbocycles. The molecule has 1 aliphatic rings. The van der Waals surface area contributed by atoms with Crippen molar-refractivity contribution in [3.8, 4) is 0 Å². The van der Waals surface area contributed by atoms with Crippen molar-refractivity contribution in [3.05, 3.63) is 60.6 Å². The summed E-state index contributed by atoms with van der Waals surface area (Å²) in [7, 11) is 0. The lowest BCUT2D eigenvalue weighted by molar-refractivity contribution is -0.150. The van der Waals surface area contributed by atoms with E-state index in [9.17, 15) is 4.79 Å². The number of pyridine rings is 1. The number of para-hydroxylation sites is 1. The number of piperidine rings is 1. The Hall–Kier alpha value is -3.02. The van der Waals surface area contributed by atoms with Gasteiger partial charge in [-0.3, -0.25) is 9.78 Å². The Labute approximate surface area is 151 Å². The maximum absolute atomic E-state index is 12.6. The Morgan fingerprint density at radius 2 is 1.88 bits per heavy atom. The first-order valence-corrected chi connectivity index (χ1v) is 8.82. The summed E-state index contributed by atoms with van der Waals surface area (Å²) in [6.07, 6.45) is 6.95. The van der Waals surface area contributed by atoms with Crippen molar-refractivity contribution in [1.29, 1.82) is 0 Å². The highest BCUT2D eigenvalue weighted by atomic mass is 16.5. The van der Waals surface area contributed by atoms with Crippen molar-refractivity contribution in [3.63, 3.8) is 0 Å². The molecule has 3 heterocycles. The van der Waals surface area contributed by atoms with E-state index in [0.717, 1.165) is 35.9 Å². The number of hydrogen-bond acceptors (Lipinski definition) is 6. The van der Waals surface area contributed by atoms with Crippen LogP contribution in [0.1, 0.15) is 18.4 Å². The van der Waals surface area contributed by atoms with Gasteiger partial charge in [0.2, 0.25) is 5.95 Å². The third kappa shape index (κ3) is 3.49. The van der Waals surface area contributed by atoms with Crippen LogP contribution < -0.4 is 4.90 Å². The molecule has 0 radical (unpaired) electrons. The van der Waals surface area contributed by atoms with E-state index in [0.29, 0.717) is 12.5 Å². The number of carbonyl (C=O) groups excluding carboxylic acids is 1. The zero-order chi connectivity index (χ0) is 17.8. The van der Waals surface area contributed by atoms with E-state index in [4.69, 9.17) is 4.74 Å². The number of esters is 1. The molecule has 132 valence electrons. The van der Waals surface area contributed by atoms with E-state index in [1.807, 2.05) is 30.3 Å².